The fourth-order valence-corrected chi connectivity index (χ4v) is 6.07. The Labute approximate surface area is 216 Å². The molecule has 0 spiro atoms. The van der Waals surface area contributed by atoms with Crippen molar-refractivity contribution in [1.29, 1.82) is 0 Å². The molecule has 2 aromatic carbocycles. The summed E-state index contributed by atoms with van der Waals surface area (Å²) in [6, 6.07) is 15.9. The van der Waals surface area contributed by atoms with E-state index in [0.717, 1.165) is 21.7 Å². The Morgan fingerprint density at radius 3 is 2.26 bits per heavy atom. The lowest BCUT2D eigenvalue weighted by Crippen LogP contribution is -2.44. The van der Waals surface area contributed by atoms with Crippen molar-refractivity contribution in [3.8, 4) is 0 Å². The average Bonchev–Trinajstić information content (AvgIpc) is 3.24. The highest BCUT2D eigenvalue weighted by atomic mass is 35.5. The van der Waals surface area contributed by atoms with Crippen LogP contribution in [0.15, 0.2) is 65.6 Å². The van der Waals surface area contributed by atoms with Crippen LogP contribution in [0, 0.1) is 18.7 Å². The van der Waals surface area contributed by atoms with Crippen molar-refractivity contribution < 1.29 is 17.6 Å². The van der Waals surface area contributed by atoms with Gasteiger partial charge in [0.05, 0.1) is 18.0 Å². The van der Waals surface area contributed by atoms with E-state index in [1.54, 1.807) is 28.4 Å². The molecule has 0 unspecified atom stereocenters. The number of rotatable bonds is 11. The SMILES string of the molecule is CC[C@H](C)CN(CC(=O)N(Cc1ccc(F)cc1)Cc1ccc(C)s1)S(=O)(=O)c1ccc(Cl)cc1. The van der Waals surface area contributed by atoms with Gasteiger partial charge in [-0.2, -0.15) is 4.31 Å². The molecule has 188 valence electrons. The lowest BCUT2D eigenvalue weighted by atomic mass is 10.1. The standard InChI is InChI=1S/C26H30ClFN2O3S2/c1-4-19(2)15-30(35(32,33)25-13-8-22(27)9-14-25)18-26(31)29(17-24-12-5-20(3)34-24)16-21-6-10-23(28)11-7-21/h5-14,19H,4,15-18H2,1-3H3/t19-/m0/s1. The summed E-state index contributed by atoms with van der Waals surface area (Å²) in [5.41, 5.74) is 0.766. The molecule has 3 rings (SSSR count). The minimum atomic E-state index is -3.92. The Kier molecular flexibility index (Phi) is 9.47. The van der Waals surface area contributed by atoms with E-state index in [9.17, 15) is 17.6 Å². The first-order valence-electron chi connectivity index (χ1n) is 11.4. The Bertz CT molecular complexity index is 1230. The first-order valence-corrected chi connectivity index (χ1v) is 14.0. The predicted molar refractivity (Wildman–Crippen MR) is 139 cm³/mol. The molecule has 0 bridgehead atoms. The maximum atomic E-state index is 13.6. The number of aryl methyl sites for hydroxylation is 1. The van der Waals surface area contributed by atoms with Crippen LogP contribution >= 0.6 is 22.9 Å². The van der Waals surface area contributed by atoms with E-state index in [4.69, 9.17) is 11.6 Å². The molecule has 0 aliphatic rings. The number of carbonyl (C=O) groups excluding carboxylic acids is 1. The van der Waals surface area contributed by atoms with Crippen LogP contribution in [-0.4, -0.2) is 36.6 Å². The predicted octanol–water partition coefficient (Wildman–Crippen LogP) is 6.11. The minimum Gasteiger partial charge on any atom is -0.332 e. The molecule has 0 saturated carbocycles. The molecule has 0 fully saturated rings. The van der Waals surface area contributed by atoms with E-state index >= 15 is 0 Å². The summed E-state index contributed by atoms with van der Waals surface area (Å²) < 4.78 is 41.6. The summed E-state index contributed by atoms with van der Waals surface area (Å²) >= 11 is 7.53. The van der Waals surface area contributed by atoms with E-state index in [0.29, 0.717) is 11.6 Å². The summed E-state index contributed by atoms with van der Waals surface area (Å²) in [5, 5.41) is 0.435. The first-order chi connectivity index (χ1) is 16.6. The van der Waals surface area contributed by atoms with Gasteiger partial charge < -0.3 is 4.90 Å². The van der Waals surface area contributed by atoms with Gasteiger partial charge in [-0.25, -0.2) is 12.8 Å². The smallest absolute Gasteiger partial charge is 0.243 e. The van der Waals surface area contributed by atoms with Crippen molar-refractivity contribution in [2.24, 2.45) is 5.92 Å². The van der Waals surface area contributed by atoms with Crippen LogP contribution in [0.5, 0.6) is 0 Å². The van der Waals surface area contributed by atoms with Crippen LogP contribution in [0.2, 0.25) is 5.02 Å². The van der Waals surface area contributed by atoms with Crippen LogP contribution in [0.4, 0.5) is 4.39 Å². The van der Waals surface area contributed by atoms with Crippen LogP contribution in [0.1, 0.15) is 35.6 Å². The molecule has 0 radical (unpaired) electrons. The zero-order valence-corrected chi connectivity index (χ0v) is 22.5. The van der Waals surface area contributed by atoms with Gasteiger partial charge in [-0.05, 0) is 66.9 Å². The van der Waals surface area contributed by atoms with E-state index in [1.807, 2.05) is 32.9 Å². The normalized spacial score (nSPS) is 12.6. The maximum Gasteiger partial charge on any atom is 0.243 e. The number of nitrogens with zero attached hydrogens (tertiary/aromatic N) is 2. The van der Waals surface area contributed by atoms with Crippen molar-refractivity contribution in [3.05, 3.63) is 86.8 Å². The molecule has 0 N–H and O–H groups in total. The van der Waals surface area contributed by atoms with Gasteiger partial charge in [-0.15, -0.1) is 11.3 Å². The highest BCUT2D eigenvalue weighted by Gasteiger charge is 2.30. The number of hydrogen-bond donors (Lipinski definition) is 0. The summed E-state index contributed by atoms with van der Waals surface area (Å²) in [7, 11) is -3.92. The molecule has 9 heteroatoms. The van der Waals surface area contributed by atoms with Crippen LogP contribution in [0.25, 0.3) is 0 Å². The third-order valence-corrected chi connectivity index (χ3v) is 8.82. The molecule has 0 aliphatic heterocycles. The second-order valence-electron chi connectivity index (χ2n) is 8.65. The Hall–Kier alpha value is -2.26. The Morgan fingerprint density at radius 2 is 1.69 bits per heavy atom. The van der Waals surface area contributed by atoms with Gasteiger partial charge in [0.25, 0.3) is 0 Å². The summed E-state index contributed by atoms with van der Waals surface area (Å²) in [5.74, 6) is -0.606. The third kappa shape index (κ3) is 7.61. The lowest BCUT2D eigenvalue weighted by molar-refractivity contribution is -0.132. The molecule has 1 amide bonds. The molecule has 3 aromatic rings. The van der Waals surface area contributed by atoms with E-state index in [2.05, 4.69) is 0 Å². The van der Waals surface area contributed by atoms with Gasteiger partial charge >= 0.3 is 0 Å². The van der Waals surface area contributed by atoms with Crippen molar-refractivity contribution in [2.75, 3.05) is 13.1 Å². The molecular formula is C26H30ClFN2O3S2. The third-order valence-electron chi connectivity index (χ3n) is 5.76. The van der Waals surface area contributed by atoms with E-state index in [1.165, 1.54) is 40.7 Å². The zero-order valence-electron chi connectivity index (χ0n) is 20.1. The van der Waals surface area contributed by atoms with Crippen molar-refractivity contribution in [1.82, 2.24) is 9.21 Å². The number of benzene rings is 2. The fourth-order valence-electron chi connectivity index (χ4n) is 3.53. The first kappa shape index (κ1) is 27.3. The van der Waals surface area contributed by atoms with Gasteiger partial charge in [0.1, 0.15) is 5.82 Å². The number of carbonyl (C=O) groups is 1. The minimum absolute atomic E-state index is 0.0652. The summed E-state index contributed by atoms with van der Waals surface area (Å²) in [4.78, 5) is 17.4. The van der Waals surface area contributed by atoms with Gasteiger partial charge in [0.15, 0.2) is 0 Å². The van der Waals surface area contributed by atoms with Crippen molar-refractivity contribution in [2.45, 2.75) is 45.2 Å². The van der Waals surface area contributed by atoms with E-state index < -0.39 is 10.0 Å². The molecule has 0 aliphatic carbocycles. The highest BCUT2D eigenvalue weighted by Crippen LogP contribution is 2.23. The number of sulfonamides is 1. The average molecular weight is 537 g/mol. The van der Waals surface area contributed by atoms with Crippen LogP contribution in [0.3, 0.4) is 0 Å². The molecule has 35 heavy (non-hydrogen) atoms. The molecule has 1 heterocycles. The highest BCUT2D eigenvalue weighted by molar-refractivity contribution is 7.89. The Morgan fingerprint density at radius 1 is 1.03 bits per heavy atom. The van der Waals surface area contributed by atoms with Gasteiger partial charge in [-0.3, -0.25) is 4.79 Å². The van der Waals surface area contributed by atoms with Crippen molar-refractivity contribution in [3.63, 3.8) is 0 Å². The van der Waals surface area contributed by atoms with Crippen molar-refractivity contribution >= 4 is 38.9 Å². The van der Waals surface area contributed by atoms with Crippen LogP contribution in [-0.2, 0) is 27.9 Å². The number of thiophene rings is 1. The largest absolute Gasteiger partial charge is 0.332 e. The van der Waals surface area contributed by atoms with Gasteiger partial charge in [-0.1, -0.05) is 44.0 Å². The number of halogens is 2. The second kappa shape index (κ2) is 12.1. The second-order valence-corrected chi connectivity index (χ2v) is 12.4. The quantitative estimate of drug-likeness (QED) is 0.297. The van der Waals surface area contributed by atoms with E-state index in [-0.39, 0.29) is 42.2 Å². The molecule has 5 nitrogen and oxygen atoms in total. The summed E-state index contributed by atoms with van der Waals surface area (Å²) in [6.07, 6.45) is 0.772. The monoisotopic (exact) mass is 536 g/mol. The molecule has 0 saturated heterocycles. The Balaban J connectivity index is 1.89. The number of amides is 1. The lowest BCUT2D eigenvalue weighted by Gasteiger charge is -2.28. The summed E-state index contributed by atoms with van der Waals surface area (Å²) in [6.45, 7) is 6.45. The molecule has 1 aromatic heterocycles. The van der Waals surface area contributed by atoms with Crippen LogP contribution < -0.4 is 0 Å². The fraction of sp³-hybridized carbons (Fsp3) is 0.346. The zero-order chi connectivity index (χ0) is 25.6. The van der Waals surface area contributed by atoms with Gasteiger partial charge in [0, 0.05) is 27.9 Å². The molecule has 1 atom stereocenters. The van der Waals surface area contributed by atoms with Gasteiger partial charge in [0.2, 0.25) is 15.9 Å². The number of hydrogen-bond acceptors (Lipinski definition) is 4. The maximum absolute atomic E-state index is 13.6. The topological polar surface area (TPSA) is 57.7 Å². The molecular weight excluding hydrogens is 507 g/mol.